The quantitative estimate of drug-likeness (QED) is 0.585. The first-order valence-corrected chi connectivity index (χ1v) is 5.37. The number of nitrogens with zero attached hydrogens (tertiary/aromatic N) is 4. The van der Waals surface area contributed by atoms with Gasteiger partial charge in [0.15, 0.2) is 0 Å². The minimum absolute atomic E-state index is 0.170. The highest BCUT2D eigenvalue weighted by Gasteiger charge is 2.17. The van der Waals surface area contributed by atoms with Crippen LogP contribution in [0, 0.1) is 0 Å². The monoisotopic (exact) mass is 223 g/mol. The van der Waals surface area contributed by atoms with Gasteiger partial charge in [0.1, 0.15) is 5.82 Å². The van der Waals surface area contributed by atoms with Gasteiger partial charge in [-0.25, -0.2) is 0 Å². The van der Waals surface area contributed by atoms with Gasteiger partial charge in [-0.15, -0.1) is 0 Å². The van der Waals surface area contributed by atoms with Gasteiger partial charge in [-0.1, -0.05) is 0 Å². The van der Waals surface area contributed by atoms with Crippen LogP contribution < -0.4 is 17.2 Å². The smallest absolute Gasteiger partial charge is 0.225 e. The Bertz CT molecular complexity index is 347. The highest BCUT2D eigenvalue weighted by molar-refractivity contribution is 5.25. The van der Waals surface area contributed by atoms with Gasteiger partial charge in [0.25, 0.3) is 0 Å². The summed E-state index contributed by atoms with van der Waals surface area (Å²) >= 11 is 0. The largest absolute Gasteiger partial charge is 0.368 e. The summed E-state index contributed by atoms with van der Waals surface area (Å²) < 4.78 is 0. The van der Waals surface area contributed by atoms with Crippen LogP contribution in [0.4, 0.5) is 11.9 Å². The second-order valence-electron chi connectivity index (χ2n) is 4.11. The number of likely N-dealkylation sites (tertiary alicyclic amines) is 1. The molecule has 1 unspecified atom stereocenters. The van der Waals surface area contributed by atoms with E-state index in [4.69, 9.17) is 17.2 Å². The van der Waals surface area contributed by atoms with Gasteiger partial charge in [-0.3, -0.25) is 4.90 Å². The van der Waals surface area contributed by atoms with Crippen LogP contribution in [0.2, 0.25) is 0 Å². The number of aromatic nitrogens is 3. The fraction of sp³-hybridized carbons (Fsp3) is 0.667. The number of hydrogen-bond donors (Lipinski definition) is 3. The average molecular weight is 223 g/mol. The molecule has 0 saturated carbocycles. The molecule has 1 aliphatic rings. The van der Waals surface area contributed by atoms with Crippen molar-refractivity contribution in [2.24, 2.45) is 5.73 Å². The molecule has 2 rings (SSSR count). The number of rotatable bonds is 2. The van der Waals surface area contributed by atoms with Crippen LogP contribution in [0.25, 0.3) is 0 Å². The van der Waals surface area contributed by atoms with Gasteiger partial charge in [0, 0.05) is 12.6 Å². The van der Waals surface area contributed by atoms with Crippen molar-refractivity contribution in [2.45, 2.75) is 25.4 Å². The Balaban J connectivity index is 2.02. The Labute approximate surface area is 94.1 Å². The van der Waals surface area contributed by atoms with Crippen molar-refractivity contribution in [3.8, 4) is 0 Å². The van der Waals surface area contributed by atoms with Gasteiger partial charge in [0.2, 0.25) is 11.9 Å². The molecule has 2 heterocycles. The third-order valence-corrected chi connectivity index (χ3v) is 2.62. The topological polar surface area (TPSA) is 120 Å². The first-order valence-electron chi connectivity index (χ1n) is 5.37. The van der Waals surface area contributed by atoms with Crippen LogP contribution in [0.3, 0.4) is 0 Å². The van der Waals surface area contributed by atoms with Crippen molar-refractivity contribution in [3.63, 3.8) is 0 Å². The van der Waals surface area contributed by atoms with Gasteiger partial charge in [-0.2, -0.15) is 15.0 Å². The van der Waals surface area contributed by atoms with Gasteiger partial charge in [0.05, 0.1) is 6.54 Å². The lowest BCUT2D eigenvalue weighted by Gasteiger charge is -2.29. The van der Waals surface area contributed by atoms with Crippen molar-refractivity contribution < 1.29 is 0 Å². The van der Waals surface area contributed by atoms with Gasteiger partial charge < -0.3 is 17.2 Å². The van der Waals surface area contributed by atoms with Crippen molar-refractivity contribution in [2.75, 3.05) is 24.6 Å². The Morgan fingerprint density at radius 2 is 1.88 bits per heavy atom. The van der Waals surface area contributed by atoms with E-state index in [1.165, 1.54) is 0 Å². The first-order chi connectivity index (χ1) is 7.63. The third-order valence-electron chi connectivity index (χ3n) is 2.62. The Kier molecular flexibility index (Phi) is 3.16. The summed E-state index contributed by atoms with van der Waals surface area (Å²) in [6.07, 6.45) is 2.19. The van der Waals surface area contributed by atoms with Crippen molar-refractivity contribution in [3.05, 3.63) is 5.82 Å². The second-order valence-corrected chi connectivity index (χ2v) is 4.11. The molecule has 0 aliphatic carbocycles. The van der Waals surface area contributed by atoms with E-state index in [-0.39, 0.29) is 17.9 Å². The van der Waals surface area contributed by atoms with Gasteiger partial charge >= 0.3 is 0 Å². The van der Waals surface area contributed by atoms with Crippen LogP contribution in [0.15, 0.2) is 0 Å². The van der Waals surface area contributed by atoms with E-state index in [1.807, 2.05) is 0 Å². The summed E-state index contributed by atoms with van der Waals surface area (Å²) in [6.45, 7) is 2.51. The molecule has 1 atom stereocenters. The fourth-order valence-corrected chi connectivity index (χ4v) is 1.96. The molecule has 1 saturated heterocycles. The van der Waals surface area contributed by atoms with E-state index in [2.05, 4.69) is 19.9 Å². The highest BCUT2D eigenvalue weighted by Crippen LogP contribution is 2.11. The summed E-state index contributed by atoms with van der Waals surface area (Å²) in [7, 11) is 0. The van der Waals surface area contributed by atoms with Crippen LogP contribution >= 0.6 is 0 Å². The second kappa shape index (κ2) is 4.58. The molecular formula is C9H17N7. The summed E-state index contributed by atoms with van der Waals surface area (Å²) in [5.41, 5.74) is 16.9. The minimum Gasteiger partial charge on any atom is -0.368 e. The lowest BCUT2D eigenvalue weighted by molar-refractivity contribution is 0.197. The standard InChI is InChI=1S/C9H17N7/c10-6-2-1-3-16(4-6)5-7-13-8(11)15-9(12)14-7/h6H,1-5,10H2,(H4,11,12,13,14,15). The fourth-order valence-electron chi connectivity index (χ4n) is 1.96. The van der Waals surface area contributed by atoms with E-state index in [1.54, 1.807) is 0 Å². The Morgan fingerprint density at radius 1 is 1.19 bits per heavy atom. The molecule has 1 aromatic rings. The van der Waals surface area contributed by atoms with E-state index in [9.17, 15) is 0 Å². The number of nitrogens with two attached hydrogens (primary N) is 3. The van der Waals surface area contributed by atoms with Crippen LogP contribution in [-0.2, 0) is 6.54 Å². The number of anilines is 2. The van der Waals surface area contributed by atoms with Crippen molar-refractivity contribution in [1.82, 2.24) is 19.9 Å². The summed E-state index contributed by atoms with van der Waals surface area (Å²) in [6, 6.07) is 0.241. The lowest BCUT2D eigenvalue weighted by atomic mass is 10.1. The van der Waals surface area contributed by atoms with Crippen molar-refractivity contribution >= 4 is 11.9 Å². The van der Waals surface area contributed by atoms with E-state index in [0.29, 0.717) is 12.4 Å². The molecule has 0 aromatic carbocycles. The van der Waals surface area contributed by atoms with Crippen LogP contribution in [-0.4, -0.2) is 39.0 Å². The van der Waals surface area contributed by atoms with Crippen molar-refractivity contribution in [1.29, 1.82) is 0 Å². The molecule has 7 nitrogen and oxygen atoms in total. The zero-order valence-corrected chi connectivity index (χ0v) is 9.13. The average Bonchev–Trinajstić information content (AvgIpc) is 2.15. The SMILES string of the molecule is Nc1nc(N)nc(CN2CCCC(N)C2)n1. The van der Waals surface area contributed by atoms with Gasteiger partial charge in [-0.05, 0) is 19.4 Å². The lowest BCUT2D eigenvalue weighted by Crippen LogP contribution is -2.42. The van der Waals surface area contributed by atoms with Crippen LogP contribution in [0.5, 0.6) is 0 Å². The molecule has 1 aromatic heterocycles. The predicted octanol–water partition coefficient (Wildman–Crippen LogP) is -1.04. The minimum atomic E-state index is 0.170. The molecule has 0 bridgehead atoms. The molecule has 0 amide bonds. The molecule has 7 heteroatoms. The molecular weight excluding hydrogens is 206 g/mol. The maximum Gasteiger partial charge on any atom is 0.225 e. The van der Waals surface area contributed by atoms with E-state index in [0.717, 1.165) is 25.9 Å². The predicted molar refractivity (Wildman–Crippen MR) is 61.1 cm³/mol. The summed E-state index contributed by atoms with van der Waals surface area (Å²) in [5, 5.41) is 0. The maximum atomic E-state index is 5.89. The van der Waals surface area contributed by atoms with E-state index < -0.39 is 0 Å². The normalized spacial score (nSPS) is 22.2. The Morgan fingerprint density at radius 3 is 2.50 bits per heavy atom. The zero-order valence-electron chi connectivity index (χ0n) is 9.13. The number of piperidine rings is 1. The van der Waals surface area contributed by atoms with E-state index >= 15 is 0 Å². The molecule has 0 radical (unpaired) electrons. The maximum absolute atomic E-state index is 5.89. The number of hydrogen-bond acceptors (Lipinski definition) is 7. The molecule has 0 spiro atoms. The van der Waals surface area contributed by atoms with Crippen LogP contribution in [0.1, 0.15) is 18.7 Å². The molecule has 88 valence electrons. The number of nitrogen functional groups attached to an aromatic ring is 2. The summed E-state index contributed by atoms with van der Waals surface area (Å²) in [5.74, 6) is 0.951. The third kappa shape index (κ3) is 2.77. The summed E-state index contributed by atoms with van der Waals surface area (Å²) in [4.78, 5) is 14.0. The molecule has 16 heavy (non-hydrogen) atoms. The Hall–Kier alpha value is -1.47. The first kappa shape index (κ1) is 11.0. The molecule has 6 N–H and O–H groups in total. The highest BCUT2D eigenvalue weighted by atomic mass is 15.2. The molecule has 1 fully saturated rings. The molecule has 1 aliphatic heterocycles. The zero-order chi connectivity index (χ0) is 11.5.